The van der Waals surface area contributed by atoms with Gasteiger partial charge in [-0.05, 0) is 12.1 Å². The number of nitro benzene ring substituents is 1. The van der Waals surface area contributed by atoms with Gasteiger partial charge in [0.15, 0.2) is 0 Å². The van der Waals surface area contributed by atoms with E-state index in [4.69, 9.17) is 0 Å². The molecule has 0 radical (unpaired) electrons. The van der Waals surface area contributed by atoms with Crippen molar-refractivity contribution in [2.75, 3.05) is 7.05 Å². The fraction of sp³-hybridized carbons (Fsp3) is 0.182. The van der Waals surface area contributed by atoms with Gasteiger partial charge in [-0.2, -0.15) is 0 Å². The first kappa shape index (κ1) is 11.1. The van der Waals surface area contributed by atoms with E-state index in [0.29, 0.717) is 0 Å². The molecule has 0 aliphatic carbocycles. The molecule has 1 aromatic carbocycles. The lowest BCUT2D eigenvalue weighted by molar-refractivity contribution is -0.384. The molecule has 0 atom stereocenters. The highest BCUT2D eigenvalue weighted by molar-refractivity contribution is 5.84. The first-order chi connectivity index (χ1) is 8.11. The summed E-state index contributed by atoms with van der Waals surface area (Å²) in [6.07, 6.45) is 1.74. The van der Waals surface area contributed by atoms with Crippen LogP contribution in [0.2, 0.25) is 0 Å². The van der Waals surface area contributed by atoms with E-state index in [9.17, 15) is 14.9 Å². The molecular weight excluding hydrogens is 222 g/mol. The number of fused-ring (bicyclic) bond motifs is 1. The smallest absolute Gasteiger partial charge is 0.270 e. The summed E-state index contributed by atoms with van der Waals surface area (Å²) in [4.78, 5) is 21.4. The van der Waals surface area contributed by atoms with E-state index in [-0.39, 0.29) is 18.1 Å². The maximum Gasteiger partial charge on any atom is 0.270 e. The number of hydrogen-bond donors (Lipinski definition) is 1. The maximum absolute atomic E-state index is 11.3. The number of nitro groups is 1. The van der Waals surface area contributed by atoms with E-state index < -0.39 is 4.92 Å². The number of nitrogens with zero attached hydrogens (tertiary/aromatic N) is 2. The molecule has 0 unspecified atom stereocenters. The van der Waals surface area contributed by atoms with Crippen molar-refractivity contribution in [2.45, 2.75) is 6.54 Å². The van der Waals surface area contributed by atoms with Crippen molar-refractivity contribution in [3.8, 4) is 0 Å². The van der Waals surface area contributed by atoms with Gasteiger partial charge in [0.2, 0.25) is 5.91 Å². The second-order valence-corrected chi connectivity index (χ2v) is 3.62. The van der Waals surface area contributed by atoms with Crippen molar-refractivity contribution in [1.82, 2.24) is 9.88 Å². The fourth-order valence-corrected chi connectivity index (χ4v) is 1.67. The van der Waals surface area contributed by atoms with Gasteiger partial charge in [0, 0.05) is 36.3 Å². The van der Waals surface area contributed by atoms with E-state index >= 15 is 0 Å². The number of carbonyl (C=O) groups excluding carboxylic acids is 1. The highest BCUT2D eigenvalue weighted by atomic mass is 16.6. The molecular formula is C11H11N3O3. The lowest BCUT2D eigenvalue weighted by atomic mass is 10.2. The molecule has 2 aromatic rings. The van der Waals surface area contributed by atoms with Gasteiger partial charge in [0.25, 0.3) is 5.69 Å². The third-order valence-corrected chi connectivity index (χ3v) is 2.56. The van der Waals surface area contributed by atoms with E-state index in [1.165, 1.54) is 12.1 Å². The normalized spacial score (nSPS) is 10.4. The number of likely N-dealkylation sites (N-methyl/N-ethyl adjacent to an activating group) is 1. The van der Waals surface area contributed by atoms with Gasteiger partial charge >= 0.3 is 0 Å². The highest BCUT2D eigenvalue weighted by Gasteiger charge is 2.09. The first-order valence-electron chi connectivity index (χ1n) is 5.05. The molecule has 0 fully saturated rings. The van der Waals surface area contributed by atoms with Crippen LogP contribution in [0, 0.1) is 10.1 Å². The fourth-order valence-electron chi connectivity index (χ4n) is 1.67. The largest absolute Gasteiger partial charge is 0.358 e. The third kappa shape index (κ3) is 2.10. The Morgan fingerprint density at radius 2 is 2.24 bits per heavy atom. The minimum Gasteiger partial charge on any atom is -0.358 e. The Morgan fingerprint density at radius 3 is 2.88 bits per heavy atom. The molecule has 1 N–H and O–H groups in total. The molecule has 0 saturated heterocycles. The van der Waals surface area contributed by atoms with Crippen LogP contribution in [0.3, 0.4) is 0 Å². The average Bonchev–Trinajstić information content (AvgIpc) is 2.71. The number of amides is 1. The number of carbonyl (C=O) groups is 1. The van der Waals surface area contributed by atoms with Crippen LogP contribution >= 0.6 is 0 Å². The van der Waals surface area contributed by atoms with Gasteiger partial charge in [-0.25, -0.2) is 0 Å². The number of non-ortho nitro benzene ring substituents is 1. The SMILES string of the molecule is CNC(=O)Cn1ccc2cc([N+](=O)[O-])ccc21. The van der Waals surface area contributed by atoms with E-state index in [0.717, 1.165) is 10.9 Å². The number of hydrogen-bond acceptors (Lipinski definition) is 3. The van der Waals surface area contributed by atoms with Crippen molar-refractivity contribution < 1.29 is 9.72 Å². The maximum atomic E-state index is 11.3. The van der Waals surface area contributed by atoms with Crippen molar-refractivity contribution in [3.05, 3.63) is 40.6 Å². The van der Waals surface area contributed by atoms with E-state index in [1.54, 1.807) is 29.9 Å². The van der Waals surface area contributed by atoms with Gasteiger partial charge in [-0.15, -0.1) is 0 Å². The predicted octanol–water partition coefficient (Wildman–Crippen LogP) is 1.30. The second-order valence-electron chi connectivity index (χ2n) is 3.62. The zero-order valence-corrected chi connectivity index (χ0v) is 9.21. The van der Waals surface area contributed by atoms with Crippen molar-refractivity contribution in [1.29, 1.82) is 0 Å². The summed E-state index contributed by atoms with van der Waals surface area (Å²) in [5.41, 5.74) is 0.856. The highest BCUT2D eigenvalue weighted by Crippen LogP contribution is 2.21. The molecule has 0 aliphatic heterocycles. The van der Waals surface area contributed by atoms with Crippen molar-refractivity contribution in [3.63, 3.8) is 0 Å². The summed E-state index contributed by atoms with van der Waals surface area (Å²) in [6.45, 7) is 0.206. The monoisotopic (exact) mass is 233 g/mol. The number of nitrogens with one attached hydrogen (secondary N) is 1. The molecule has 1 amide bonds. The van der Waals surface area contributed by atoms with E-state index in [2.05, 4.69) is 5.32 Å². The quantitative estimate of drug-likeness (QED) is 0.641. The molecule has 0 bridgehead atoms. The Balaban J connectivity index is 2.41. The van der Waals surface area contributed by atoms with Crippen LogP contribution in [0.5, 0.6) is 0 Å². The predicted molar refractivity (Wildman–Crippen MR) is 62.7 cm³/mol. The van der Waals surface area contributed by atoms with Crippen LogP contribution in [-0.2, 0) is 11.3 Å². The Labute approximate surface area is 97.0 Å². The van der Waals surface area contributed by atoms with Crippen LogP contribution in [0.1, 0.15) is 0 Å². The molecule has 1 aromatic heterocycles. The topological polar surface area (TPSA) is 77.2 Å². The molecule has 6 heteroatoms. The molecule has 88 valence electrons. The minimum atomic E-state index is -0.435. The summed E-state index contributed by atoms with van der Waals surface area (Å²) in [5.74, 6) is -0.110. The van der Waals surface area contributed by atoms with E-state index in [1.807, 2.05) is 0 Å². The number of aromatic nitrogens is 1. The Bertz CT molecular complexity index is 589. The second kappa shape index (κ2) is 4.25. The van der Waals surface area contributed by atoms with Gasteiger partial charge in [0.1, 0.15) is 6.54 Å². The third-order valence-electron chi connectivity index (χ3n) is 2.56. The molecule has 17 heavy (non-hydrogen) atoms. The summed E-state index contributed by atoms with van der Waals surface area (Å²) in [5, 5.41) is 13.9. The molecule has 0 saturated carbocycles. The van der Waals surface area contributed by atoms with Crippen LogP contribution < -0.4 is 5.32 Å². The van der Waals surface area contributed by atoms with Crippen molar-refractivity contribution in [2.24, 2.45) is 0 Å². The Morgan fingerprint density at radius 1 is 1.47 bits per heavy atom. The molecule has 2 rings (SSSR count). The summed E-state index contributed by atoms with van der Waals surface area (Å²) < 4.78 is 1.75. The standard InChI is InChI=1S/C11H11N3O3/c1-12-11(15)7-13-5-4-8-6-9(14(16)17)2-3-10(8)13/h2-6H,7H2,1H3,(H,12,15). The summed E-state index contributed by atoms with van der Waals surface area (Å²) >= 11 is 0. The molecule has 0 aliphatic rings. The summed E-state index contributed by atoms with van der Waals surface area (Å²) in [7, 11) is 1.57. The van der Waals surface area contributed by atoms with Gasteiger partial charge in [0.05, 0.1) is 4.92 Å². The molecule has 6 nitrogen and oxygen atoms in total. The van der Waals surface area contributed by atoms with Gasteiger partial charge < -0.3 is 9.88 Å². The lowest BCUT2D eigenvalue weighted by Gasteiger charge is -2.03. The average molecular weight is 233 g/mol. The minimum absolute atomic E-state index is 0.0511. The van der Waals surface area contributed by atoms with Crippen LogP contribution in [0.4, 0.5) is 5.69 Å². The Hall–Kier alpha value is -2.37. The van der Waals surface area contributed by atoms with Gasteiger partial charge in [-0.3, -0.25) is 14.9 Å². The molecule has 1 heterocycles. The zero-order valence-electron chi connectivity index (χ0n) is 9.21. The first-order valence-corrected chi connectivity index (χ1v) is 5.05. The number of rotatable bonds is 3. The lowest BCUT2D eigenvalue weighted by Crippen LogP contribution is -2.22. The van der Waals surface area contributed by atoms with Gasteiger partial charge in [-0.1, -0.05) is 0 Å². The number of benzene rings is 1. The van der Waals surface area contributed by atoms with Crippen LogP contribution in [0.25, 0.3) is 10.9 Å². The molecule has 0 spiro atoms. The van der Waals surface area contributed by atoms with Crippen LogP contribution in [0.15, 0.2) is 30.5 Å². The zero-order chi connectivity index (χ0) is 12.4. The van der Waals surface area contributed by atoms with Crippen molar-refractivity contribution >= 4 is 22.5 Å². The Kier molecular flexibility index (Phi) is 2.78. The van der Waals surface area contributed by atoms with Crippen LogP contribution in [-0.4, -0.2) is 22.4 Å². The summed E-state index contributed by atoms with van der Waals surface area (Å²) in [6, 6.07) is 6.33.